The van der Waals surface area contributed by atoms with Crippen LogP contribution in [0.4, 0.5) is 10.1 Å². The van der Waals surface area contributed by atoms with E-state index >= 15 is 0 Å². The van der Waals surface area contributed by atoms with Gasteiger partial charge in [0.25, 0.3) is 0 Å². The molecule has 2 N–H and O–H groups in total. The maximum atomic E-state index is 13.5. The van der Waals surface area contributed by atoms with Gasteiger partial charge in [-0.3, -0.25) is 4.98 Å². The van der Waals surface area contributed by atoms with E-state index in [1.165, 1.54) is 23.5 Å². The minimum atomic E-state index is -3.47. The predicted octanol–water partition coefficient (Wildman–Crippen LogP) is 3.13. The van der Waals surface area contributed by atoms with Crippen molar-refractivity contribution in [2.45, 2.75) is 11.1 Å². The van der Waals surface area contributed by atoms with Crippen LogP contribution < -0.4 is 10.0 Å². The number of benzene rings is 1. The summed E-state index contributed by atoms with van der Waals surface area (Å²) in [6, 6.07) is 9.48. The number of thiophene rings is 1. The highest BCUT2D eigenvalue weighted by Crippen LogP contribution is 2.24. The highest BCUT2D eigenvalue weighted by molar-refractivity contribution is 7.91. The third kappa shape index (κ3) is 3.72. The van der Waals surface area contributed by atoms with Crippen LogP contribution in [0.25, 0.3) is 10.9 Å². The van der Waals surface area contributed by atoms with Gasteiger partial charge in [-0.05, 0) is 42.6 Å². The van der Waals surface area contributed by atoms with Gasteiger partial charge < -0.3 is 5.32 Å². The zero-order valence-electron chi connectivity index (χ0n) is 12.9. The number of aryl methyl sites for hydroxylation is 1. The lowest BCUT2D eigenvalue weighted by Gasteiger charge is -2.11. The maximum absolute atomic E-state index is 13.5. The van der Waals surface area contributed by atoms with E-state index in [0.717, 1.165) is 11.4 Å². The van der Waals surface area contributed by atoms with Crippen LogP contribution in [0.3, 0.4) is 0 Å². The first kappa shape index (κ1) is 16.8. The molecule has 0 radical (unpaired) electrons. The number of nitrogens with zero attached hydrogens (tertiary/aromatic N) is 1. The number of aromatic nitrogens is 1. The van der Waals surface area contributed by atoms with Crippen LogP contribution >= 0.6 is 11.3 Å². The van der Waals surface area contributed by atoms with Gasteiger partial charge in [-0.1, -0.05) is 6.07 Å². The zero-order valence-corrected chi connectivity index (χ0v) is 14.5. The van der Waals surface area contributed by atoms with Crippen LogP contribution in [0.15, 0.2) is 46.0 Å². The third-order valence-corrected chi connectivity index (χ3v) is 6.25. The van der Waals surface area contributed by atoms with Crippen molar-refractivity contribution in [2.24, 2.45) is 0 Å². The minimum Gasteiger partial charge on any atom is -0.383 e. The number of hydrogen-bond acceptors (Lipinski definition) is 5. The third-order valence-electron chi connectivity index (χ3n) is 3.39. The number of nitrogens with one attached hydrogen (secondary N) is 2. The Morgan fingerprint density at radius 2 is 2.04 bits per heavy atom. The monoisotopic (exact) mass is 365 g/mol. The van der Waals surface area contributed by atoms with E-state index in [4.69, 9.17) is 0 Å². The van der Waals surface area contributed by atoms with Crippen LogP contribution in [-0.2, 0) is 10.0 Å². The van der Waals surface area contributed by atoms with Crippen molar-refractivity contribution in [3.8, 4) is 0 Å². The van der Waals surface area contributed by atoms with Crippen molar-refractivity contribution < 1.29 is 12.8 Å². The molecule has 0 atom stereocenters. The molecule has 24 heavy (non-hydrogen) atoms. The fraction of sp³-hybridized carbons (Fsp3) is 0.188. The fourth-order valence-electron chi connectivity index (χ4n) is 2.35. The quantitative estimate of drug-likeness (QED) is 0.659. The number of pyridine rings is 1. The molecule has 0 aliphatic carbocycles. The van der Waals surface area contributed by atoms with Crippen LogP contribution in [-0.4, -0.2) is 26.5 Å². The van der Waals surface area contributed by atoms with Gasteiger partial charge >= 0.3 is 0 Å². The molecule has 126 valence electrons. The van der Waals surface area contributed by atoms with Gasteiger partial charge in [0.1, 0.15) is 10.0 Å². The molecular formula is C16H16FN3O2S2. The normalized spacial score (nSPS) is 11.8. The van der Waals surface area contributed by atoms with Crippen molar-refractivity contribution in [1.82, 2.24) is 9.71 Å². The lowest BCUT2D eigenvalue weighted by Crippen LogP contribution is -2.28. The van der Waals surface area contributed by atoms with Gasteiger partial charge in [0, 0.05) is 29.9 Å². The van der Waals surface area contributed by atoms with Crippen LogP contribution in [0.2, 0.25) is 0 Å². The Morgan fingerprint density at radius 1 is 1.21 bits per heavy atom. The van der Waals surface area contributed by atoms with Gasteiger partial charge in [0.05, 0.1) is 5.52 Å². The Labute approximate surface area is 143 Å². The molecule has 0 saturated carbocycles. The molecule has 8 heteroatoms. The summed E-state index contributed by atoms with van der Waals surface area (Å²) in [6.45, 7) is 2.45. The Hall–Kier alpha value is -2.03. The molecule has 1 aromatic carbocycles. The molecule has 0 aliphatic rings. The summed E-state index contributed by atoms with van der Waals surface area (Å²) in [5.41, 5.74) is 2.22. The predicted molar refractivity (Wildman–Crippen MR) is 94.4 cm³/mol. The van der Waals surface area contributed by atoms with E-state index < -0.39 is 10.0 Å². The molecule has 0 bridgehead atoms. The summed E-state index contributed by atoms with van der Waals surface area (Å²) in [6.07, 6.45) is 0. The Kier molecular flexibility index (Phi) is 4.79. The minimum absolute atomic E-state index is 0.221. The van der Waals surface area contributed by atoms with E-state index in [-0.39, 0.29) is 16.6 Å². The fourth-order valence-corrected chi connectivity index (χ4v) is 4.42. The topological polar surface area (TPSA) is 71.1 Å². The molecule has 2 aromatic heterocycles. The van der Waals surface area contributed by atoms with Crippen molar-refractivity contribution in [3.63, 3.8) is 0 Å². The lowest BCUT2D eigenvalue weighted by molar-refractivity contribution is 0.585. The summed E-state index contributed by atoms with van der Waals surface area (Å²) in [7, 11) is -3.47. The molecule has 0 fully saturated rings. The Balaban J connectivity index is 1.69. The maximum Gasteiger partial charge on any atom is 0.250 e. The number of hydrogen-bond donors (Lipinski definition) is 2. The number of rotatable bonds is 6. The first-order chi connectivity index (χ1) is 11.5. The Morgan fingerprint density at radius 3 is 2.79 bits per heavy atom. The van der Waals surface area contributed by atoms with E-state index in [0.29, 0.717) is 17.4 Å². The van der Waals surface area contributed by atoms with Crippen LogP contribution in [0, 0.1) is 12.7 Å². The average molecular weight is 365 g/mol. The lowest BCUT2D eigenvalue weighted by atomic mass is 10.1. The highest BCUT2D eigenvalue weighted by Gasteiger charge is 2.14. The van der Waals surface area contributed by atoms with Crippen LogP contribution in [0.1, 0.15) is 5.69 Å². The van der Waals surface area contributed by atoms with Crippen LogP contribution in [0.5, 0.6) is 0 Å². The molecular weight excluding hydrogens is 349 g/mol. The summed E-state index contributed by atoms with van der Waals surface area (Å²) in [5, 5.41) is 5.53. The van der Waals surface area contributed by atoms with Gasteiger partial charge in [-0.25, -0.2) is 17.5 Å². The Bertz CT molecular complexity index is 957. The van der Waals surface area contributed by atoms with Gasteiger partial charge in [-0.15, -0.1) is 11.3 Å². The molecule has 3 rings (SSSR count). The first-order valence-corrected chi connectivity index (χ1v) is 9.66. The zero-order chi connectivity index (χ0) is 17.2. The second-order valence-electron chi connectivity index (χ2n) is 5.23. The van der Waals surface area contributed by atoms with E-state index in [2.05, 4.69) is 15.0 Å². The summed E-state index contributed by atoms with van der Waals surface area (Å²) in [5.74, 6) is -0.338. The van der Waals surface area contributed by atoms with Gasteiger partial charge in [0.15, 0.2) is 0 Å². The molecule has 0 saturated heterocycles. The largest absolute Gasteiger partial charge is 0.383 e. The molecule has 0 amide bonds. The summed E-state index contributed by atoms with van der Waals surface area (Å²) >= 11 is 1.17. The van der Waals surface area contributed by atoms with Gasteiger partial charge in [0.2, 0.25) is 10.0 Å². The van der Waals surface area contributed by atoms with Crippen molar-refractivity contribution >= 4 is 38.0 Å². The van der Waals surface area contributed by atoms with Crippen molar-refractivity contribution in [3.05, 3.63) is 53.3 Å². The summed E-state index contributed by atoms with van der Waals surface area (Å²) < 4.78 is 40.4. The average Bonchev–Trinajstić information content (AvgIpc) is 3.07. The summed E-state index contributed by atoms with van der Waals surface area (Å²) in [4.78, 5) is 4.36. The number of sulfonamides is 1. The molecule has 0 spiro atoms. The van der Waals surface area contributed by atoms with Gasteiger partial charge in [-0.2, -0.15) is 0 Å². The first-order valence-electron chi connectivity index (χ1n) is 7.30. The molecule has 0 unspecified atom stereocenters. The molecule has 2 heterocycles. The SMILES string of the molecule is Cc1cc(NCCNS(=O)(=O)c2cccs2)c2cc(F)ccc2n1. The molecule has 3 aromatic rings. The second-order valence-corrected chi connectivity index (χ2v) is 8.17. The smallest absolute Gasteiger partial charge is 0.250 e. The standard InChI is InChI=1S/C16H16FN3O2S2/c1-11-9-15(13-10-12(17)4-5-14(13)20-11)18-6-7-19-24(21,22)16-3-2-8-23-16/h2-5,8-10,19H,6-7H2,1H3,(H,18,20). The van der Waals surface area contributed by atoms with E-state index in [9.17, 15) is 12.8 Å². The number of halogens is 1. The second kappa shape index (κ2) is 6.84. The van der Waals surface area contributed by atoms with E-state index in [1.807, 2.05) is 13.0 Å². The number of fused-ring (bicyclic) bond motifs is 1. The number of anilines is 1. The molecule has 0 aliphatic heterocycles. The highest BCUT2D eigenvalue weighted by atomic mass is 32.2. The van der Waals surface area contributed by atoms with Crippen molar-refractivity contribution in [1.29, 1.82) is 0 Å². The van der Waals surface area contributed by atoms with E-state index in [1.54, 1.807) is 23.6 Å². The van der Waals surface area contributed by atoms with Crippen molar-refractivity contribution in [2.75, 3.05) is 18.4 Å². The molecule has 5 nitrogen and oxygen atoms in total.